The fraction of sp³-hybridized carbons (Fsp3) is 0.500. The van der Waals surface area contributed by atoms with E-state index in [4.69, 9.17) is 0 Å². The van der Waals surface area contributed by atoms with Crippen molar-refractivity contribution in [3.05, 3.63) is 50.7 Å². The summed E-state index contributed by atoms with van der Waals surface area (Å²) in [7, 11) is 1.73. The van der Waals surface area contributed by atoms with E-state index >= 15 is 0 Å². The molecular weight excluding hydrogens is 304 g/mol. The van der Waals surface area contributed by atoms with Crippen molar-refractivity contribution in [3.63, 3.8) is 0 Å². The molecule has 0 spiro atoms. The first-order valence-corrected chi connectivity index (χ1v) is 8.48. The lowest BCUT2D eigenvalue weighted by molar-refractivity contribution is 0.0731. The van der Waals surface area contributed by atoms with Gasteiger partial charge >= 0.3 is 0 Å². The zero-order valence-corrected chi connectivity index (χ0v) is 14.7. The molecule has 1 aliphatic rings. The fourth-order valence-corrected chi connectivity index (χ4v) is 3.38. The van der Waals surface area contributed by atoms with Gasteiger partial charge in [-0.2, -0.15) is 5.10 Å². The predicted molar refractivity (Wildman–Crippen MR) is 92.2 cm³/mol. The van der Waals surface area contributed by atoms with Crippen LogP contribution in [-0.2, 0) is 26.4 Å². The Morgan fingerprint density at radius 2 is 2.12 bits per heavy atom. The van der Waals surface area contributed by atoms with Gasteiger partial charge in [-0.05, 0) is 24.5 Å². The van der Waals surface area contributed by atoms with Gasteiger partial charge in [0.15, 0.2) is 0 Å². The molecular formula is C18H24N4O2. The number of rotatable bonds is 3. The van der Waals surface area contributed by atoms with Crippen LogP contribution in [0.15, 0.2) is 16.9 Å². The van der Waals surface area contributed by atoms with Gasteiger partial charge < -0.3 is 9.47 Å². The second-order valence-corrected chi connectivity index (χ2v) is 6.65. The first kappa shape index (κ1) is 16.5. The summed E-state index contributed by atoms with van der Waals surface area (Å²) >= 11 is 0. The number of nitrogens with one attached hydrogen (secondary N) is 1. The van der Waals surface area contributed by atoms with Gasteiger partial charge in [0, 0.05) is 43.5 Å². The van der Waals surface area contributed by atoms with Gasteiger partial charge in [-0.15, -0.1) is 0 Å². The highest BCUT2D eigenvalue weighted by Gasteiger charge is 2.27. The summed E-state index contributed by atoms with van der Waals surface area (Å²) in [5.41, 5.74) is 4.17. The van der Waals surface area contributed by atoms with E-state index in [1.807, 2.05) is 19.9 Å². The molecule has 0 atom stereocenters. The number of fused-ring (bicyclic) bond motifs is 1. The van der Waals surface area contributed by atoms with Gasteiger partial charge in [0.1, 0.15) is 5.56 Å². The number of amides is 1. The molecule has 0 saturated heterocycles. The van der Waals surface area contributed by atoms with Gasteiger partial charge in [-0.3, -0.25) is 14.7 Å². The largest absolute Gasteiger partial charge is 0.334 e. The molecule has 128 valence electrons. The van der Waals surface area contributed by atoms with Crippen LogP contribution in [0.4, 0.5) is 0 Å². The molecule has 0 unspecified atom stereocenters. The number of hydrogen-bond acceptors (Lipinski definition) is 3. The number of carbonyl (C=O) groups excluding carboxylic acids is 1. The zero-order chi connectivity index (χ0) is 17.4. The van der Waals surface area contributed by atoms with E-state index in [1.165, 1.54) is 0 Å². The minimum Gasteiger partial charge on any atom is -0.334 e. The summed E-state index contributed by atoms with van der Waals surface area (Å²) < 4.78 is 1.59. The number of H-pyrrole nitrogens is 1. The second-order valence-electron chi connectivity index (χ2n) is 6.65. The molecule has 0 radical (unpaired) electrons. The maximum atomic E-state index is 12.9. The molecule has 1 amide bonds. The molecule has 6 heteroatoms. The van der Waals surface area contributed by atoms with Crippen molar-refractivity contribution in [1.29, 1.82) is 0 Å². The molecule has 3 rings (SSSR count). The van der Waals surface area contributed by atoms with Crippen LogP contribution >= 0.6 is 0 Å². The third-order valence-electron chi connectivity index (χ3n) is 4.81. The van der Waals surface area contributed by atoms with Crippen molar-refractivity contribution in [1.82, 2.24) is 19.7 Å². The quantitative estimate of drug-likeness (QED) is 0.937. The molecule has 0 bridgehead atoms. The number of aromatic nitrogens is 3. The Morgan fingerprint density at radius 1 is 1.38 bits per heavy atom. The standard InChI is InChI=1S/C18H24N4O2/c1-5-14-13-10-22(9-8-15(13)20-19-14)18(24)12-6-7-16(11(2)3)21(4)17(12)23/h6-7,11H,5,8-10H2,1-4H3,(H,19,20). The smallest absolute Gasteiger partial charge is 0.263 e. The lowest BCUT2D eigenvalue weighted by Crippen LogP contribution is -2.40. The van der Waals surface area contributed by atoms with E-state index < -0.39 is 0 Å². The van der Waals surface area contributed by atoms with Crippen molar-refractivity contribution in [2.24, 2.45) is 7.05 Å². The van der Waals surface area contributed by atoms with Crippen molar-refractivity contribution in [2.45, 2.75) is 46.1 Å². The van der Waals surface area contributed by atoms with E-state index in [0.29, 0.717) is 13.1 Å². The third-order valence-corrected chi connectivity index (χ3v) is 4.81. The minimum atomic E-state index is -0.222. The van der Waals surface area contributed by atoms with E-state index in [9.17, 15) is 9.59 Å². The number of carbonyl (C=O) groups is 1. The van der Waals surface area contributed by atoms with Gasteiger partial charge in [0.25, 0.3) is 11.5 Å². The highest BCUT2D eigenvalue weighted by atomic mass is 16.2. The van der Waals surface area contributed by atoms with Gasteiger partial charge in [0.05, 0.1) is 5.69 Å². The molecule has 0 saturated carbocycles. The Kier molecular flexibility index (Phi) is 4.30. The molecule has 0 aromatic carbocycles. The summed E-state index contributed by atoms with van der Waals surface area (Å²) in [6.45, 7) is 7.24. The highest BCUT2D eigenvalue weighted by Crippen LogP contribution is 2.22. The lowest BCUT2D eigenvalue weighted by Gasteiger charge is -2.27. The van der Waals surface area contributed by atoms with Crippen molar-refractivity contribution >= 4 is 5.91 Å². The molecule has 3 heterocycles. The van der Waals surface area contributed by atoms with E-state index in [1.54, 1.807) is 22.6 Å². The van der Waals surface area contributed by atoms with Crippen LogP contribution in [0.2, 0.25) is 0 Å². The fourth-order valence-electron chi connectivity index (χ4n) is 3.38. The van der Waals surface area contributed by atoms with Crippen LogP contribution in [0.1, 0.15) is 59.7 Å². The van der Waals surface area contributed by atoms with Gasteiger partial charge in [-0.1, -0.05) is 20.8 Å². The maximum Gasteiger partial charge on any atom is 0.263 e. The average Bonchev–Trinajstić information content (AvgIpc) is 2.98. The van der Waals surface area contributed by atoms with Crippen LogP contribution in [0.3, 0.4) is 0 Å². The Morgan fingerprint density at radius 3 is 2.79 bits per heavy atom. The molecule has 2 aromatic rings. The zero-order valence-electron chi connectivity index (χ0n) is 14.7. The van der Waals surface area contributed by atoms with Crippen LogP contribution in [0.5, 0.6) is 0 Å². The highest BCUT2D eigenvalue weighted by molar-refractivity contribution is 5.94. The average molecular weight is 328 g/mol. The summed E-state index contributed by atoms with van der Waals surface area (Å²) in [4.78, 5) is 27.2. The van der Waals surface area contributed by atoms with E-state index in [0.717, 1.165) is 35.5 Å². The normalized spacial score (nSPS) is 14.1. The van der Waals surface area contributed by atoms with Gasteiger partial charge in [0.2, 0.25) is 0 Å². The Bertz CT molecular complexity index is 819. The van der Waals surface area contributed by atoms with Crippen LogP contribution in [0, 0.1) is 0 Å². The molecule has 24 heavy (non-hydrogen) atoms. The summed E-state index contributed by atoms with van der Waals surface area (Å²) in [6, 6.07) is 3.55. The molecule has 2 aromatic heterocycles. The summed E-state index contributed by atoms with van der Waals surface area (Å²) in [5.74, 6) is 0.0437. The number of hydrogen-bond donors (Lipinski definition) is 1. The Labute approximate surface area is 141 Å². The molecule has 1 N–H and O–H groups in total. The number of pyridine rings is 1. The second kappa shape index (κ2) is 6.26. The number of aryl methyl sites for hydroxylation is 1. The lowest BCUT2D eigenvalue weighted by atomic mass is 10.0. The molecule has 1 aliphatic heterocycles. The SMILES string of the molecule is CCc1n[nH]c2c1CN(C(=O)c1ccc(C(C)C)n(C)c1=O)CC2. The van der Waals surface area contributed by atoms with Crippen LogP contribution in [0.25, 0.3) is 0 Å². The van der Waals surface area contributed by atoms with Crippen molar-refractivity contribution in [2.75, 3.05) is 6.54 Å². The van der Waals surface area contributed by atoms with Crippen LogP contribution < -0.4 is 5.56 Å². The maximum absolute atomic E-state index is 12.9. The number of aromatic amines is 1. The predicted octanol–water partition coefficient (Wildman–Crippen LogP) is 1.99. The first-order valence-electron chi connectivity index (χ1n) is 8.48. The Balaban J connectivity index is 1.91. The molecule has 0 aliphatic carbocycles. The Hall–Kier alpha value is -2.37. The summed E-state index contributed by atoms with van der Waals surface area (Å²) in [5, 5.41) is 7.38. The van der Waals surface area contributed by atoms with Crippen LogP contribution in [-0.4, -0.2) is 32.1 Å². The topological polar surface area (TPSA) is 71.0 Å². The molecule has 0 fully saturated rings. The van der Waals surface area contributed by atoms with Crippen molar-refractivity contribution < 1.29 is 4.79 Å². The summed E-state index contributed by atoms with van der Waals surface area (Å²) in [6.07, 6.45) is 1.58. The molecule has 6 nitrogen and oxygen atoms in total. The van der Waals surface area contributed by atoms with E-state index in [-0.39, 0.29) is 22.9 Å². The minimum absolute atomic E-state index is 0.195. The van der Waals surface area contributed by atoms with Gasteiger partial charge in [-0.25, -0.2) is 0 Å². The monoisotopic (exact) mass is 328 g/mol. The third kappa shape index (κ3) is 2.66. The van der Waals surface area contributed by atoms with E-state index in [2.05, 4.69) is 17.1 Å². The van der Waals surface area contributed by atoms with Crippen molar-refractivity contribution in [3.8, 4) is 0 Å². The number of nitrogens with zero attached hydrogens (tertiary/aromatic N) is 3. The first-order chi connectivity index (χ1) is 11.4.